The third-order valence-electron chi connectivity index (χ3n) is 6.73. The lowest BCUT2D eigenvalue weighted by Gasteiger charge is -2.43. The Kier molecular flexibility index (Phi) is 8.43. The predicted octanol–water partition coefficient (Wildman–Crippen LogP) is 1.92. The number of amides is 1. The molecule has 2 N–H and O–H groups in total. The van der Waals surface area contributed by atoms with E-state index in [1.807, 2.05) is 0 Å². The van der Waals surface area contributed by atoms with Crippen LogP contribution < -0.4 is 5.73 Å². The average Bonchev–Trinajstić information content (AvgIpc) is 2.82. The van der Waals surface area contributed by atoms with Crippen molar-refractivity contribution < 1.29 is 35.9 Å². The van der Waals surface area contributed by atoms with Gasteiger partial charge in [0.15, 0.2) is 5.03 Å². The first-order chi connectivity index (χ1) is 16.3. The smallest absolute Gasteiger partial charge is 0.455 e. The third kappa shape index (κ3) is 6.31. The summed E-state index contributed by atoms with van der Waals surface area (Å²) >= 11 is 0. The number of alkyl halides is 3. The van der Waals surface area contributed by atoms with E-state index in [2.05, 4.69) is 4.98 Å². The summed E-state index contributed by atoms with van der Waals surface area (Å²) in [4.78, 5) is 29.8. The Labute approximate surface area is 202 Å². The van der Waals surface area contributed by atoms with E-state index in [9.17, 15) is 31.2 Å². The van der Waals surface area contributed by atoms with E-state index < -0.39 is 46.0 Å². The predicted molar refractivity (Wildman–Crippen MR) is 119 cm³/mol. The molecule has 13 heteroatoms. The molecule has 1 amide bonds. The van der Waals surface area contributed by atoms with Gasteiger partial charge in [-0.3, -0.25) is 4.79 Å². The SMILES string of the molecule is CN(C)C(=O)[C@H]1C[C@@H](C2CCCCC2OC(=O)C(F)(F)F)CN(S(=O)(=O)c2cc(CN)ccn2)C1. The number of nitrogens with two attached hydrogens (primary N) is 1. The minimum atomic E-state index is -5.12. The number of carbonyl (C=O) groups excluding carboxylic acids is 2. The largest absolute Gasteiger partial charge is 0.490 e. The Morgan fingerprint density at radius 3 is 2.54 bits per heavy atom. The molecular formula is C22H31F3N4O5S. The molecule has 196 valence electrons. The van der Waals surface area contributed by atoms with E-state index in [0.29, 0.717) is 24.8 Å². The number of carbonyl (C=O) groups is 2. The molecule has 2 unspecified atom stereocenters. The molecule has 1 saturated carbocycles. The molecule has 3 rings (SSSR count). The van der Waals surface area contributed by atoms with Crippen molar-refractivity contribution in [2.45, 2.75) is 56.0 Å². The minimum Gasteiger partial charge on any atom is -0.455 e. The maximum absolute atomic E-state index is 13.5. The average molecular weight is 521 g/mol. The van der Waals surface area contributed by atoms with Gasteiger partial charge in [-0.1, -0.05) is 6.42 Å². The maximum atomic E-state index is 13.5. The van der Waals surface area contributed by atoms with Crippen LogP contribution in [0.25, 0.3) is 0 Å². The van der Waals surface area contributed by atoms with Crippen LogP contribution in [0.1, 0.15) is 37.7 Å². The topological polar surface area (TPSA) is 123 Å². The molecule has 1 aromatic rings. The van der Waals surface area contributed by atoms with Crippen LogP contribution in [0.3, 0.4) is 0 Å². The Hall–Kier alpha value is -2.25. The normalized spacial score (nSPS) is 26.2. The molecule has 4 atom stereocenters. The molecule has 1 aliphatic carbocycles. The molecule has 0 radical (unpaired) electrons. The molecule has 0 aromatic carbocycles. The van der Waals surface area contributed by atoms with Gasteiger partial charge in [-0.15, -0.1) is 0 Å². The van der Waals surface area contributed by atoms with Crippen molar-refractivity contribution in [3.05, 3.63) is 23.9 Å². The van der Waals surface area contributed by atoms with Gasteiger partial charge in [-0.05, 0) is 49.3 Å². The highest BCUT2D eigenvalue weighted by atomic mass is 32.2. The summed E-state index contributed by atoms with van der Waals surface area (Å²) in [6, 6.07) is 2.97. The van der Waals surface area contributed by atoms with Crippen molar-refractivity contribution in [1.82, 2.24) is 14.2 Å². The molecule has 0 spiro atoms. The van der Waals surface area contributed by atoms with Crippen LogP contribution in [0.15, 0.2) is 23.4 Å². The molecule has 35 heavy (non-hydrogen) atoms. The Bertz CT molecular complexity index is 1030. The van der Waals surface area contributed by atoms with Gasteiger partial charge < -0.3 is 15.4 Å². The zero-order chi connectivity index (χ0) is 26.0. The standard InChI is InChI=1S/C22H31F3N4O5S/c1-28(2)20(30)16-10-15(17-5-3-4-6-18(17)34-21(31)22(23,24)25)12-29(13-16)35(32,33)19-9-14(11-26)7-8-27-19/h7-9,15-18H,3-6,10-13,26H2,1-2H3/t15-,16+,17?,18?/m1/s1. The molecule has 0 bridgehead atoms. The quantitative estimate of drug-likeness (QED) is 0.569. The Morgan fingerprint density at radius 2 is 1.91 bits per heavy atom. The molecule has 9 nitrogen and oxygen atoms in total. The Balaban J connectivity index is 1.93. The van der Waals surface area contributed by atoms with Crippen LogP contribution in [-0.2, 0) is 30.9 Å². The first kappa shape index (κ1) is 27.3. The van der Waals surface area contributed by atoms with Gasteiger partial charge >= 0.3 is 12.1 Å². The van der Waals surface area contributed by atoms with Gasteiger partial charge in [-0.25, -0.2) is 18.2 Å². The summed E-state index contributed by atoms with van der Waals surface area (Å²) in [6.07, 6.45) is -2.47. The van der Waals surface area contributed by atoms with Gasteiger partial charge in [0.2, 0.25) is 5.91 Å². The lowest BCUT2D eigenvalue weighted by Crippen LogP contribution is -2.52. The third-order valence-corrected chi connectivity index (χ3v) is 8.46. The molecule has 1 aliphatic heterocycles. The number of piperidine rings is 1. The second kappa shape index (κ2) is 10.8. The number of halogens is 3. The van der Waals surface area contributed by atoms with Gasteiger partial charge in [0.25, 0.3) is 10.0 Å². The van der Waals surface area contributed by atoms with Crippen molar-refractivity contribution in [3.63, 3.8) is 0 Å². The summed E-state index contributed by atoms with van der Waals surface area (Å²) in [7, 11) is -0.992. The van der Waals surface area contributed by atoms with Gasteiger partial charge in [0.1, 0.15) is 6.10 Å². The number of aromatic nitrogens is 1. The molecule has 2 fully saturated rings. The zero-order valence-corrected chi connectivity index (χ0v) is 20.5. The molecular weight excluding hydrogens is 489 g/mol. The number of hydrogen-bond donors (Lipinski definition) is 1. The molecule has 1 aromatic heterocycles. The van der Waals surface area contributed by atoms with Crippen LogP contribution in [0, 0.1) is 17.8 Å². The van der Waals surface area contributed by atoms with E-state index in [1.54, 1.807) is 20.2 Å². The van der Waals surface area contributed by atoms with E-state index in [4.69, 9.17) is 10.5 Å². The molecule has 2 heterocycles. The zero-order valence-electron chi connectivity index (χ0n) is 19.7. The maximum Gasteiger partial charge on any atom is 0.490 e. The second-order valence-electron chi connectivity index (χ2n) is 9.34. The van der Waals surface area contributed by atoms with Gasteiger partial charge in [0.05, 0.1) is 5.92 Å². The second-order valence-corrected chi connectivity index (χ2v) is 11.2. The number of sulfonamides is 1. The van der Waals surface area contributed by atoms with Crippen LogP contribution in [0.2, 0.25) is 0 Å². The first-order valence-electron chi connectivity index (χ1n) is 11.5. The highest BCUT2D eigenvalue weighted by Crippen LogP contribution is 2.40. The van der Waals surface area contributed by atoms with E-state index in [1.165, 1.54) is 21.5 Å². The van der Waals surface area contributed by atoms with Gasteiger partial charge in [-0.2, -0.15) is 17.5 Å². The number of rotatable bonds is 6. The van der Waals surface area contributed by atoms with Crippen LogP contribution in [0.5, 0.6) is 0 Å². The monoisotopic (exact) mass is 520 g/mol. The van der Waals surface area contributed by atoms with Crippen LogP contribution in [-0.4, -0.2) is 73.9 Å². The molecule has 2 aliphatic rings. The summed E-state index contributed by atoms with van der Waals surface area (Å²) in [5.74, 6) is -4.21. The number of esters is 1. The summed E-state index contributed by atoms with van der Waals surface area (Å²) < 4.78 is 71.6. The number of ether oxygens (including phenoxy) is 1. The highest BCUT2D eigenvalue weighted by Gasteiger charge is 2.47. The van der Waals surface area contributed by atoms with Crippen molar-refractivity contribution in [3.8, 4) is 0 Å². The van der Waals surface area contributed by atoms with Crippen molar-refractivity contribution in [2.75, 3.05) is 27.2 Å². The summed E-state index contributed by atoms with van der Waals surface area (Å²) in [5.41, 5.74) is 6.20. The van der Waals surface area contributed by atoms with Gasteiger partial charge in [0, 0.05) is 45.8 Å². The lowest BCUT2D eigenvalue weighted by molar-refractivity contribution is -0.210. The fourth-order valence-electron chi connectivity index (χ4n) is 5.01. The van der Waals surface area contributed by atoms with E-state index in [-0.39, 0.29) is 43.4 Å². The lowest BCUT2D eigenvalue weighted by atomic mass is 9.73. The van der Waals surface area contributed by atoms with Crippen molar-refractivity contribution >= 4 is 21.9 Å². The van der Waals surface area contributed by atoms with Crippen LogP contribution in [0.4, 0.5) is 13.2 Å². The Morgan fingerprint density at radius 1 is 1.23 bits per heavy atom. The number of nitrogens with zero attached hydrogens (tertiary/aromatic N) is 3. The fraction of sp³-hybridized carbons (Fsp3) is 0.682. The highest BCUT2D eigenvalue weighted by molar-refractivity contribution is 7.89. The van der Waals surface area contributed by atoms with Crippen molar-refractivity contribution in [1.29, 1.82) is 0 Å². The van der Waals surface area contributed by atoms with E-state index >= 15 is 0 Å². The van der Waals surface area contributed by atoms with Crippen LogP contribution >= 0.6 is 0 Å². The fourth-order valence-corrected chi connectivity index (χ4v) is 6.54. The van der Waals surface area contributed by atoms with E-state index in [0.717, 1.165) is 0 Å². The first-order valence-corrected chi connectivity index (χ1v) is 12.9. The number of hydrogen-bond acceptors (Lipinski definition) is 7. The molecule has 1 saturated heterocycles. The summed E-state index contributed by atoms with van der Waals surface area (Å²) in [5, 5.41) is -0.208. The van der Waals surface area contributed by atoms with Crippen molar-refractivity contribution in [2.24, 2.45) is 23.5 Å². The summed E-state index contributed by atoms with van der Waals surface area (Å²) in [6.45, 7) is 0.0205. The minimum absolute atomic E-state index is 0.0151. The number of pyridine rings is 1.